The summed E-state index contributed by atoms with van der Waals surface area (Å²) in [6.45, 7) is 3.67. The van der Waals surface area contributed by atoms with E-state index in [0.29, 0.717) is 12.0 Å². The van der Waals surface area contributed by atoms with Crippen molar-refractivity contribution < 1.29 is 9.18 Å². The minimum absolute atomic E-state index is 0.290. The number of benzene rings is 1. The predicted molar refractivity (Wildman–Crippen MR) is 61.4 cm³/mol. The van der Waals surface area contributed by atoms with E-state index in [4.69, 9.17) is 6.42 Å². The standard InChI is InChI=1S/C13H14FNO/c1-4-13(3,5-2)15-12(16)10-6-8-11(14)9-7-10/h1,6-9H,5H2,2-3H3,(H,15,16)/t13-/m1/s1. The molecule has 1 aromatic carbocycles. The number of amides is 1. The van der Waals surface area contributed by atoms with Crippen molar-refractivity contribution in [3.63, 3.8) is 0 Å². The summed E-state index contributed by atoms with van der Waals surface area (Å²) in [6.07, 6.45) is 5.98. The minimum Gasteiger partial charge on any atom is -0.336 e. The first-order chi connectivity index (χ1) is 7.50. The Bertz CT molecular complexity index is 419. The fourth-order valence-corrected chi connectivity index (χ4v) is 1.15. The second kappa shape index (κ2) is 4.80. The molecule has 0 saturated heterocycles. The van der Waals surface area contributed by atoms with Gasteiger partial charge in [0, 0.05) is 5.56 Å². The Hall–Kier alpha value is -1.82. The molecule has 2 nitrogen and oxygen atoms in total. The second-order valence-corrected chi connectivity index (χ2v) is 3.79. The number of hydrogen-bond donors (Lipinski definition) is 1. The third kappa shape index (κ3) is 2.83. The third-order valence-electron chi connectivity index (χ3n) is 2.52. The summed E-state index contributed by atoms with van der Waals surface area (Å²) in [5.41, 5.74) is -0.262. The highest BCUT2D eigenvalue weighted by atomic mass is 19.1. The maximum atomic E-state index is 12.7. The Morgan fingerprint density at radius 2 is 2.06 bits per heavy atom. The minimum atomic E-state index is -0.661. The van der Waals surface area contributed by atoms with Crippen LogP contribution in [-0.4, -0.2) is 11.4 Å². The van der Waals surface area contributed by atoms with Crippen molar-refractivity contribution in [1.82, 2.24) is 5.32 Å². The van der Waals surface area contributed by atoms with Crippen LogP contribution in [0.25, 0.3) is 0 Å². The highest BCUT2D eigenvalue weighted by Gasteiger charge is 2.21. The summed E-state index contributed by atoms with van der Waals surface area (Å²) in [5.74, 6) is 1.88. The summed E-state index contributed by atoms with van der Waals surface area (Å²) in [4.78, 5) is 11.8. The molecule has 0 fully saturated rings. The van der Waals surface area contributed by atoms with Crippen LogP contribution < -0.4 is 5.32 Å². The predicted octanol–water partition coefficient (Wildman–Crippen LogP) is 2.36. The molecule has 0 heterocycles. The van der Waals surface area contributed by atoms with Gasteiger partial charge in [-0.3, -0.25) is 4.79 Å². The fourth-order valence-electron chi connectivity index (χ4n) is 1.15. The number of carbonyl (C=O) groups excluding carboxylic acids is 1. The maximum Gasteiger partial charge on any atom is 0.252 e. The molecule has 1 rings (SSSR count). The molecular weight excluding hydrogens is 205 g/mol. The Morgan fingerprint density at radius 3 is 2.50 bits per heavy atom. The fraction of sp³-hybridized carbons (Fsp3) is 0.308. The van der Waals surface area contributed by atoms with Gasteiger partial charge in [-0.05, 0) is 37.6 Å². The van der Waals surface area contributed by atoms with E-state index in [1.807, 2.05) is 6.92 Å². The van der Waals surface area contributed by atoms with Crippen LogP contribution in [0, 0.1) is 18.2 Å². The topological polar surface area (TPSA) is 29.1 Å². The van der Waals surface area contributed by atoms with Crippen LogP contribution in [0.3, 0.4) is 0 Å². The number of nitrogens with one attached hydrogen (secondary N) is 1. The summed E-state index contributed by atoms with van der Waals surface area (Å²) in [7, 11) is 0. The molecule has 0 aromatic heterocycles. The largest absolute Gasteiger partial charge is 0.336 e. The molecule has 1 amide bonds. The van der Waals surface area contributed by atoms with Crippen LogP contribution >= 0.6 is 0 Å². The SMILES string of the molecule is C#C[C@](C)(CC)NC(=O)c1ccc(F)cc1. The van der Waals surface area contributed by atoms with Crippen LogP contribution in [-0.2, 0) is 0 Å². The van der Waals surface area contributed by atoms with E-state index in [2.05, 4.69) is 11.2 Å². The molecule has 0 aliphatic heterocycles. The second-order valence-electron chi connectivity index (χ2n) is 3.79. The van der Waals surface area contributed by atoms with E-state index in [9.17, 15) is 9.18 Å². The van der Waals surface area contributed by atoms with Gasteiger partial charge in [-0.25, -0.2) is 4.39 Å². The van der Waals surface area contributed by atoms with Gasteiger partial charge in [0.2, 0.25) is 0 Å². The number of halogens is 1. The van der Waals surface area contributed by atoms with Gasteiger partial charge in [0.25, 0.3) is 5.91 Å². The Kier molecular flexibility index (Phi) is 3.68. The quantitative estimate of drug-likeness (QED) is 0.777. The molecule has 84 valence electrons. The zero-order chi connectivity index (χ0) is 12.2. The average Bonchev–Trinajstić information content (AvgIpc) is 2.29. The molecule has 1 atom stereocenters. The molecule has 0 unspecified atom stereocenters. The number of carbonyl (C=O) groups is 1. The van der Waals surface area contributed by atoms with E-state index >= 15 is 0 Å². The molecule has 0 bridgehead atoms. The van der Waals surface area contributed by atoms with Gasteiger partial charge in [-0.15, -0.1) is 6.42 Å². The van der Waals surface area contributed by atoms with Crippen LogP contribution in [0.1, 0.15) is 30.6 Å². The van der Waals surface area contributed by atoms with Crippen molar-refractivity contribution in [2.24, 2.45) is 0 Å². The molecule has 1 aromatic rings. The number of hydrogen-bond acceptors (Lipinski definition) is 1. The smallest absolute Gasteiger partial charge is 0.252 e. The van der Waals surface area contributed by atoms with Gasteiger partial charge >= 0.3 is 0 Å². The summed E-state index contributed by atoms with van der Waals surface area (Å²) in [6, 6.07) is 5.34. The molecule has 0 aliphatic carbocycles. The molecule has 0 aliphatic rings. The molecule has 16 heavy (non-hydrogen) atoms. The molecule has 0 spiro atoms. The summed E-state index contributed by atoms with van der Waals surface area (Å²) >= 11 is 0. The molecule has 3 heteroatoms. The van der Waals surface area contributed by atoms with Gasteiger partial charge < -0.3 is 5.32 Å². The van der Waals surface area contributed by atoms with Crippen molar-refractivity contribution in [3.8, 4) is 12.3 Å². The monoisotopic (exact) mass is 219 g/mol. The first-order valence-electron chi connectivity index (χ1n) is 5.06. The Labute approximate surface area is 94.9 Å². The van der Waals surface area contributed by atoms with Crippen molar-refractivity contribution in [3.05, 3.63) is 35.6 Å². The first kappa shape index (κ1) is 12.3. The van der Waals surface area contributed by atoms with Gasteiger partial charge in [-0.1, -0.05) is 12.8 Å². The van der Waals surface area contributed by atoms with Crippen molar-refractivity contribution in [2.45, 2.75) is 25.8 Å². The van der Waals surface area contributed by atoms with Gasteiger partial charge in [0.05, 0.1) is 5.54 Å². The van der Waals surface area contributed by atoms with Gasteiger partial charge in [-0.2, -0.15) is 0 Å². The summed E-state index contributed by atoms with van der Waals surface area (Å²) < 4.78 is 12.7. The van der Waals surface area contributed by atoms with Crippen molar-refractivity contribution >= 4 is 5.91 Å². The number of terminal acetylenes is 1. The first-order valence-corrected chi connectivity index (χ1v) is 5.06. The third-order valence-corrected chi connectivity index (χ3v) is 2.52. The zero-order valence-electron chi connectivity index (χ0n) is 9.38. The lowest BCUT2D eigenvalue weighted by Crippen LogP contribution is -2.44. The summed E-state index contributed by atoms with van der Waals surface area (Å²) in [5, 5.41) is 2.73. The number of rotatable bonds is 3. The lowest BCUT2D eigenvalue weighted by atomic mass is 9.99. The van der Waals surface area contributed by atoms with E-state index in [0.717, 1.165) is 0 Å². The highest BCUT2D eigenvalue weighted by molar-refractivity contribution is 5.94. The molecule has 0 saturated carbocycles. The van der Waals surface area contributed by atoms with E-state index < -0.39 is 5.54 Å². The van der Waals surface area contributed by atoms with Crippen LogP contribution in [0.4, 0.5) is 4.39 Å². The van der Waals surface area contributed by atoms with Crippen molar-refractivity contribution in [1.29, 1.82) is 0 Å². The lowest BCUT2D eigenvalue weighted by Gasteiger charge is -2.23. The lowest BCUT2D eigenvalue weighted by molar-refractivity contribution is 0.0923. The normalized spacial score (nSPS) is 13.6. The van der Waals surface area contributed by atoms with E-state index in [1.165, 1.54) is 24.3 Å². The molecule has 0 radical (unpaired) electrons. The van der Waals surface area contributed by atoms with Crippen LogP contribution in [0.5, 0.6) is 0 Å². The molecular formula is C13H14FNO. The van der Waals surface area contributed by atoms with E-state index in [-0.39, 0.29) is 11.7 Å². The Balaban J connectivity index is 2.81. The Morgan fingerprint density at radius 1 is 1.50 bits per heavy atom. The zero-order valence-corrected chi connectivity index (χ0v) is 9.38. The van der Waals surface area contributed by atoms with Gasteiger partial charge in [0.15, 0.2) is 0 Å². The van der Waals surface area contributed by atoms with Crippen LogP contribution in [0.2, 0.25) is 0 Å². The highest BCUT2D eigenvalue weighted by Crippen LogP contribution is 2.10. The molecule has 1 N–H and O–H groups in total. The maximum absolute atomic E-state index is 12.7. The van der Waals surface area contributed by atoms with E-state index in [1.54, 1.807) is 6.92 Å². The van der Waals surface area contributed by atoms with Gasteiger partial charge in [0.1, 0.15) is 5.82 Å². The van der Waals surface area contributed by atoms with Crippen LogP contribution in [0.15, 0.2) is 24.3 Å². The average molecular weight is 219 g/mol. The van der Waals surface area contributed by atoms with Crippen molar-refractivity contribution in [2.75, 3.05) is 0 Å².